The van der Waals surface area contributed by atoms with Crippen molar-refractivity contribution in [3.63, 3.8) is 0 Å². The molecule has 0 aliphatic rings. The predicted octanol–water partition coefficient (Wildman–Crippen LogP) is 2.70. The van der Waals surface area contributed by atoms with Gasteiger partial charge < -0.3 is 10.5 Å². The topological polar surface area (TPSA) is 47.6 Å². The second-order valence-corrected chi connectivity index (χ2v) is 3.32. The fourth-order valence-electron chi connectivity index (χ4n) is 1.07. The van der Waals surface area contributed by atoms with Crippen molar-refractivity contribution in [3.8, 4) is 5.75 Å². The number of ether oxygens (including phenoxy) is 1. The van der Waals surface area contributed by atoms with Gasteiger partial charge in [-0.05, 0) is 18.6 Å². The third-order valence-electron chi connectivity index (χ3n) is 1.73. The molecule has 0 fully saturated rings. The van der Waals surface area contributed by atoms with Crippen LogP contribution >= 0.6 is 11.6 Å². The highest BCUT2D eigenvalue weighted by Crippen LogP contribution is 2.26. The molecule has 0 aliphatic carbocycles. The van der Waals surface area contributed by atoms with E-state index in [9.17, 15) is 0 Å². The van der Waals surface area contributed by atoms with Crippen molar-refractivity contribution in [2.75, 3.05) is 12.5 Å². The van der Waals surface area contributed by atoms with E-state index in [-0.39, 0.29) is 5.88 Å². The van der Waals surface area contributed by atoms with Gasteiger partial charge in [-0.1, -0.05) is 19.1 Å². The van der Waals surface area contributed by atoms with Crippen LogP contribution in [0.1, 0.15) is 13.3 Å². The highest BCUT2D eigenvalue weighted by Gasteiger charge is 2.01. The summed E-state index contributed by atoms with van der Waals surface area (Å²) in [4.78, 5) is 4.17. The molecule has 82 valence electrons. The van der Waals surface area contributed by atoms with Crippen molar-refractivity contribution in [2.24, 2.45) is 10.7 Å². The molecule has 0 amide bonds. The summed E-state index contributed by atoms with van der Waals surface area (Å²) in [5.74, 6) is 1.36. The first-order valence-corrected chi connectivity index (χ1v) is 5.42. The zero-order valence-corrected chi connectivity index (χ0v) is 9.50. The van der Waals surface area contributed by atoms with E-state index in [2.05, 4.69) is 11.9 Å². The van der Waals surface area contributed by atoms with Gasteiger partial charge in [0.05, 0.1) is 12.5 Å². The third-order valence-corrected chi connectivity index (χ3v) is 2.00. The van der Waals surface area contributed by atoms with Crippen molar-refractivity contribution >= 4 is 23.1 Å². The summed E-state index contributed by atoms with van der Waals surface area (Å²) in [5, 5.41) is 0. The van der Waals surface area contributed by atoms with Crippen LogP contribution in [0.5, 0.6) is 5.75 Å². The largest absolute Gasteiger partial charge is 0.491 e. The zero-order valence-electron chi connectivity index (χ0n) is 8.74. The number of rotatable bonds is 5. The van der Waals surface area contributed by atoms with E-state index in [0.717, 1.165) is 17.9 Å². The average Bonchev–Trinajstić information content (AvgIpc) is 2.28. The van der Waals surface area contributed by atoms with E-state index in [0.29, 0.717) is 12.4 Å². The minimum atomic E-state index is 0.224. The predicted molar refractivity (Wildman–Crippen MR) is 64.2 cm³/mol. The quantitative estimate of drug-likeness (QED) is 0.477. The molecule has 0 saturated heterocycles. The Morgan fingerprint density at radius 3 is 2.87 bits per heavy atom. The number of benzene rings is 1. The molecule has 1 aromatic carbocycles. The van der Waals surface area contributed by atoms with Gasteiger partial charge in [-0.15, -0.1) is 11.6 Å². The normalized spacial score (nSPS) is 11.5. The van der Waals surface area contributed by atoms with E-state index < -0.39 is 0 Å². The first-order chi connectivity index (χ1) is 7.27. The Labute approximate surface area is 94.9 Å². The molecule has 0 saturated carbocycles. The van der Waals surface area contributed by atoms with Gasteiger partial charge in [0.1, 0.15) is 17.3 Å². The van der Waals surface area contributed by atoms with Crippen LogP contribution in [0.4, 0.5) is 5.69 Å². The molecule has 15 heavy (non-hydrogen) atoms. The van der Waals surface area contributed by atoms with E-state index >= 15 is 0 Å². The highest BCUT2D eigenvalue weighted by atomic mass is 35.5. The van der Waals surface area contributed by atoms with Crippen LogP contribution in [-0.4, -0.2) is 18.3 Å². The standard InChI is InChI=1S/C11H15ClN2O/c1-2-7-15-10-6-4-3-5-9(10)14-11(13)8-12/h3-6H,2,7-8H2,1H3,(H2,13,14). The SMILES string of the molecule is CCCOc1ccccc1N=C(N)CCl. The molecular formula is C11H15ClN2O. The third kappa shape index (κ3) is 3.80. The van der Waals surface area contributed by atoms with Crippen LogP contribution in [0.2, 0.25) is 0 Å². The number of halogens is 1. The van der Waals surface area contributed by atoms with Gasteiger partial charge in [-0.25, -0.2) is 4.99 Å². The van der Waals surface area contributed by atoms with Crippen molar-refractivity contribution in [2.45, 2.75) is 13.3 Å². The molecule has 4 heteroatoms. The maximum atomic E-state index is 5.57. The maximum absolute atomic E-state index is 5.57. The number of amidine groups is 1. The zero-order chi connectivity index (χ0) is 11.1. The number of hydrogen-bond donors (Lipinski definition) is 1. The Kier molecular flexibility index (Phi) is 4.98. The lowest BCUT2D eigenvalue weighted by Crippen LogP contribution is -2.12. The van der Waals surface area contributed by atoms with E-state index in [1.54, 1.807) is 0 Å². The van der Waals surface area contributed by atoms with Crippen molar-refractivity contribution in [1.82, 2.24) is 0 Å². The summed E-state index contributed by atoms with van der Waals surface area (Å²) >= 11 is 5.56. The fourth-order valence-corrected chi connectivity index (χ4v) is 1.13. The minimum absolute atomic E-state index is 0.224. The van der Waals surface area contributed by atoms with Crippen LogP contribution < -0.4 is 10.5 Å². The molecule has 0 aliphatic heterocycles. The first kappa shape index (κ1) is 11.9. The molecule has 2 N–H and O–H groups in total. The van der Waals surface area contributed by atoms with Gasteiger partial charge in [0, 0.05) is 0 Å². The molecule has 0 atom stereocenters. The Morgan fingerprint density at radius 2 is 2.20 bits per heavy atom. The number of hydrogen-bond acceptors (Lipinski definition) is 2. The lowest BCUT2D eigenvalue weighted by Gasteiger charge is -2.07. The monoisotopic (exact) mass is 226 g/mol. The Morgan fingerprint density at radius 1 is 1.47 bits per heavy atom. The first-order valence-electron chi connectivity index (χ1n) is 4.88. The Bertz CT molecular complexity index is 339. The molecule has 0 aromatic heterocycles. The van der Waals surface area contributed by atoms with Gasteiger partial charge in [0.25, 0.3) is 0 Å². The lowest BCUT2D eigenvalue weighted by molar-refractivity contribution is 0.318. The van der Waals surface area contributed by atoms with Crippen molar-refractivity contribution in [3.05, 3.63) is 24.3 Å². The highest BCUT2D eigenvalue weighted by molar-refractivity contribution is 6.28. The molecule has 1 rings (SSSR count). The Balaban J connectivity index is 2.86. The molecule has 0 bridgehead atoms. The number of para-hydroxylation sites is 2. The lowest BCUT2D eigenvalue weighted by atomic mass is 10.3. The average molecular weight is 227 g/mol. The van der Waals surface area contributed by atoms with Crippen LogP contribution in [0.15, 0.2) is 29.3 Å². The van der Waals surface area contributed by atoms with E-state index in [1.807, 2.05) is 24.3 Å². The van der Waals surface area contributed by atoms with E-state index in [1.165, 1.54) is 0 Å². The second-order valence-electron chi connectivity index (χ2n) is 3.05. The minimum Gasteiger partial charge on any atom is -0.491 e. The second kappa shape index (κ2) is 6.30. The van der Waals surface area contributed by atoms with Crippen LogP contribution in [0.3, 0.4) is 0 Å². The Hall–Kier alpha value is -1.22. The molecule has 0 unspecified atom stereocenters. The van der Waals surface area contributed by atoms with Gasteiger partial charge in [0.15, 0.2) is 0 Å². The number of aliphatic imine (C=N–C) groups is 1. The van der Waals surface area contributed by atoms with Crippen molar-refractivity contribution < 1.29 is 4.74 Å². The van der Waals surface area contributed by atoms with Crippen LogP contribution in [-0.2, 0) is 0 Å². The summed E-state index contributed by atoms with van der Waals surface area (Å²) in [5.41, 5.74) is 6.29. The van der Waals surface area contributed by atoms with Gasteiger partial charge in [-0.3, -0.25) is 0 Å². The van der Waals surface area contributed by atoms with Crippen LogP contribution in [0.25, 0.3) is 0 Å². The molecule has 0 heterocycles. The van der Waals surface area contributed by atoms with Crippen molar-refractivity contribution in [1.29, 1.82) is 0 Å². The maximum Gasteiger partial charge on any atom is 0.144 e. The summed E-state index contributed by atoms with van der Waals surface area (Å²) in [7, 11) is 0. The van der Waals surface area contributed by atoms with E-state index in [4.69, 9.17) is 22.1 Å². The van der Waals surface area contributed by atoms with Gasteiger partial charge in [-0.2, -0.15) is 0 Å². The number of alkyl halides is 1. The summed E-state index contributed by atoms with van der Waals surface area (Å²) < 4.78 is 5.53. The number of nitrogens with two attached hydrogens (primary N) is 1. The molecule has 0 radical (unpaired) electrons. The molecular weight excluding hydrogens is 212 g/mol. The molecule has 1 aromatic rings. The summed E-state index contributed by atoms with van der Waals surface area (Å²) in [6.45, 7) is 2.73. The van der Waals surface area contributed by atoms with Gasteiger partial charge in [0.2, 0.25) is 0 Å². The fraction of sp³-hybridized carbons (Fsp3) is 0.364. The smallest absolute Gasteiger partial charge is 0.144 e. The number of nitrogens with zero attached hydrogens (tertiary/aromatic N) is 1. The molecule has 0 spiro atoms. The molecule has 3 nitrogen and oxygen atoms in total. The summed E-state index contributed by atoms with van der Waals surface area (Å²) in [6.07, 6.45) is 0.961. The summed E-state index contributed by atoms with van der Waals surface area (Å²) in [6, 6.07) is 7.51. The van der Waals surface area contributed by atoms with Crippen LogP contribution in [0, 0.1) is 0 Å². The van der Waals surface area contributed by atoms with Gasteiger partial charge >= 0.3 is 0 Å².